The number of hydrogen-bond acceptors (Lipinski definition) is 1. The Kier molecular flexibility index (Phi) is 5.51. The van der Waals surface area contributed by atoms with Gasteiger partial charge in [0.15, 0.2) is 0 Å². The third kappa shape index (κ3) is 3.59. The summed E-state index contributed by atoms with van der Waals surface area (Å²) in [6, 6.07) is 39.6. The van der Waals surface area contributed by atoms with Gasteiger partial charge in [-0.15, -0.1) is 0 Å². The van der Waals surface area contributed by atoms with Crippen molar-refractivity contribution in [3.8, 4) is 11.1 Å². The molecule has 0 bridgehead atoms. The zero-order valence-corrected chi connectivity index (χ0v) is 18.2. The molecular weight excluding hydrogens is 369 g/mol. The first-order valence-electron chi connectivity index (χ1n) is 9.96. The van der Waals surface area contributed by atoms with Crippen LogP contribution in [-0.4, -0.2) is 20.8 Å². The van der Waals surface area contributed by atoms with Crippen LogP contribution in [0.5, 0.6) is 0 Å². The highest BCUT2D eigenvalue weighted by Gasteiger charge is 2.42. The summed E-state index contributed by atoms with van der Waals surface area (Å²) in [7, 11) is 2.43. The molecule has 0 fully saturated rings. The number of para-hydroxylation sites is 1. The Morgan fingerprint density at radius 3 is 1.52 bits per heavy atom. The van der Waals surface area contributed by atoms with Gasteiger partial charge in [-0.2, -0.15) is 0 Å². The molecule has 4 rings (SSSR count). The molecule has 0 radical (unpaired) electrons. The first-order chi connectivity index (χ1) is 14.1. The Labute approximate surface area is 175 Å². The minimum Gasteiger partial charge on any atom is -0.377 e. The molecule has 0 spiro atoms. The molecule has 144 valence electrons. The van der Waals surface area contributed by atoms with Gasteiger partial charge >= 0.3 is 0 Å². The molecule has 0 unspecified atom stereocenters. The Balaban J connectivity index is 2.03. The van der Waals surface area contributed by atoms with Crippen molar-refractivity contribution in [2.24, 2.45) is 0 Å². The molecule has 0 aliphatic carbocycles. The van der Waals surface area contributed by atoms with Crippen LogP contribution in [0.2, 0.25) is 0 Å². The molecule has 1 nitrogen and oxygen atoms in total. The van der Waals surface area contributed by atoms with Crippen LogP contribution < -0.4 is 20.8 Å². The standard InChI is InChI=1S/C27H27NP/c1-28(2)26-20-12-10-18-24(26)25-19-11-13-21-27(25)29(3,22-14-6-4-7-15-22)23-16-8-5-9-17-23/h4-21H,1-3H3/q+1. The molecule has 2 heteroatoms. The zero-order chi connectivity index (χ0) is 20.3. The fourth-order valence-corrected chi connectivity index (χ4v) is 7.51. The minimum atomic E-state index is -1.80. The molecule has 0 aliphatic rings. The molecule has 0 amide bonds. The van der Waals surface area contributed by atoms with Gasteiger partial charge in [-0.25, -0.2) is 0 Å². The van der Waals surface area contributed by atoms with E-state index in [9.17, 15) is 0 Å². The van der Waals surface area contributed by atoms with Gasteiger partial charge in [0, 0.05) is 30.9 Å². The molecule has 4 aromatic carbocycles. The largest absolute Gasteiger partial charge is 0.377 e. The van der Waals surface area contributed by atoms with Gasteiger partial charge in [0.2, 0.25) is 0 Å². The minimum absolute atomic E-state index is 1.24. The highest BCUT2D eigenvalue weighted by atomic mass is 31.2. The van der Waals surface area contributed by atoms with Crippen molar-refractivity contribution in [3.63, 3.8) is 0 Å². The van der Waals surface area contributed by atoms with Gasteiger partial charge in [-0.05, 0) is 36.4 Å². The lowest BCUT2D eigenvalue weighted by molar-refractivity contribution is 1.13. The SMILES string of the molecule is CN(C)c1ccccc1-c1ccccc1[P+](C)(c1ccccc1)c1ccccc1. The Morgan fingerprint density at radius 2 is 0.966 bits per heavy atom. The van der Waals surface area contributed by atoms with E-state index >= 15 is 0 Å². The average molecular weight is 396 g/mol. The molecule has 29 heavy (non-hydrogen) atoms. The quantitative estimate of drug-likeness (QED) is 0.412. The summed E-state index contributed by atoms with van der Waals surface area (Å²) >= 11 is 0. The monoisotopic (exact) mass is 396 g/mol. The maximum atomic E-state index is 2.45. The molecule has 0 atom stereocenters. The summed E-state index contributed by atoms with van der Waals surface area (Å²) in [5.74, 6) is 0. The van der Waals surface area contributed by atoms with Crippen LogP contribution >= 0.6 is 7.26 Å². The second-order valence-electron chi connectivity index (χ2n) is 7.61. The predicted molar refractivity (Wildman–Crippen MR) is 131 cm³/mol. The van der Waals surface area contributed by atoms with E-state index in [0.717, 1.165) is 0 Å². The molecule has 0 saturated carbocycles. The van der Waals surface area contributed by atoms with E-state index in [0.29, 0.717) is 0 Å². The van der Waals surface area contributed by atoms with Crippen LogP contribution in [0.15, 0.2) is 109 Å². The van der Waals surface area contributed by atoms with Crippen LogP contribution in [0, 0.1) is 0 Å². The Hall–Kier alpha value is -2.89. The first kappa shape index (κ1) is 19.4. The van der Waals surface area contributed by atoms with E-state index < -0.39 is 7.26 Å². The molecule has 4 aromatic rings. The van der Waals surface area contributed by atoms with E-state index in [-0.39, 0.29) is 0 Å². The highest BCUT2D eigenvalue weighted by molar-refractivity contribution is 7.95. The van der Waals surface area contributed by atoms with Crippen LogP contribution in [0.25, 0.3) is 11.1 Å². The van der Waals surface area contributed by atoms with Gasteiger partial charge in [0.1, 0.15) is 23.2 Å². The Bertz CT molecular complexity index is 1050. The lowest BCUT2D eigenvalue weighted by Gasteiger charge is -2.26. The molecule has 0 aromatic heterocycles. The van der Waals surface area contributed by atoms with Gasteiger partial charge < -0.3 is 4.90 Å². The summed E-state index contributed by atoms with van der Waals surface area (Å²) < 4.78 is 0. The van der Waals surface area contributed by atoms with Crippen LogP contribution in [0.3, 0.4) is 0 Å². The number of hydrogen-bond donors (Lipinski definition) is 0. The van der Waals surface area contributed by atoms with Crippen molar-refractivity contribution in [1.82, 2.24) is 0 Å². The van der Waals surface area contributed by atoms with Crippen molar-refractivity contribution in [2.75, 3.05) is 25.7 Å². The van der Waals surface area contributed by atoms with E-state index in [1.807, 2.05) is 0 Å². The smallest absolute Gasteiger partial charge is 0.112 e. The second kappa shape index (κ2) is 8.23. The van der Waals surface area contributed by atoms with Crippen molar-refractivity contribution in [3.05, 3.63) is 109 Å². The molecule has 0 heterocycles. The molecule has 0 saturated heterocycles. The van der Waals surface area contributed by atoms with Crippen molar-refractivity contribution >= 4 is 28.9 Å². The fourth-order valence-electron chi connectivity index (χ4n) is 4.06. The highest BCUT2D eigenvalue weighted by Crippen LogP contribution is 2.53. The van der Waals surface area contributed by atoms with Gasteiger partial charge in [-0.3, -0.25) is 0 Å². The summed E-state index contributed by atoms with van der Waals surface area (Å²) in [5, 5.41) is 4.23. The summed E-state index contributed by atoms with van der Waals surface area (Å²) in [5.41, 5.74) is 3.85. The number of nitrogens with zero attached hydrogens (tertiary/aromatic N) is 1. The van der Waals surface area contributed by atoms with E-state index in [4.69, 9.17) is 0 Å². The van der Waals surface area contributed by atoms with Crippen LogP contribution in [-0.2, 0) is 0 Å². The van der Waals surface area contributed by atoms with Gasteiger partial charge in [-0.1, -0.05) is 72.8 Å². The summed E-state index contributed by atoms with van der Waals surface area (Å²) in [6.07, 6.45) is 0. The van der Waals surface area contributed by atoms with E-state index in [1.165, 1.54) is 32.7 Å². The summed E-state index contributed by atoms with van der Waals surface area (Å²) in [6.45, 7) is 2.45. The normalized spacial score (nSPS) is 11.3. The van der Waals surface area contributed by atoms with E-state index in [1.54, 1.807) is 0 Å². The van der Waals surface area contributed by atoms with Crippen molar-refractivity contribution < 1.29 is 0 Å². The second-order valence-corrected chi connectivity index (χ2v) is 11.1. The van der Waals surface area contributed by atoms with Gasteiger partial charge in [0.25, 0.3) is 0 Å². The molecular formula is C27H27NP+. The number of rotatable bonds is 5. The van der Waals surface area contributed by atoms with Crippen LogP contribution in [0.4, 0.5) is 5.69 Å². The third-order valence-electron chi connectivity index (χ3n) is 5.61. The fraction of sp³-hybridized carbons (Fsp3) is 0.111. The Morgan fingerprint density at radius 1 is 0.517 bits per heavy atom. The van der Waals surface area contributed by atoms with Crippen LogP contribution in [0.1, 0.15) is 0 Å². The van der Waals surface area contributed by atoms with Gasteiger partial charge in [0.05, 0.1) is 6.66 Å². The summed E-state index contributed by atoms with van der Waals surface area (Å²) in [4.78, 5) is 2.20. The topological polar surface area (TPSA) is 3.24 Å². The van der Waals surface area contributed by atoms with Crippen molar-refractivity contribution in [2.45, 2.75) is 0 Å². The zero-order valence-electron chi connectivity index (χ0n) is 17.3. The van der Waals surface area contributed by atoms with E-state index in [2.05, 4.69) is 135 Å². The maximum absolute atomic E-state index is 2.45. The third-order valence-corrected chi connectivity index (χ3v) is 9.62. The van der Waals surface area contributed by atoms with Crippen molar-refractivity contribution in [1.29, 1.82) is 0 Å². The number of anilines is 1. The molecule has 0 N–H and O–H groups in total. The molecule has 0 aliphatic heterocycles. The lowest BCUT2D eigenvalue weighted by Crippen LogP contribution is -2.31. The first-order valence-corrected chi connectivity index (χ1v) is 12.2. The number of benzene rings is 4. The predicted octanol–water partition coefficient (Wildman–Crippen LogP) is 5.34. The maximum Gasteiger partial charge on any atom is 0.112 e. The lowest BCUT2D eigenvalue weighted by atomic mass is 10.0. The average Bonchev–Trinajstić information content (AvgIpc) is 2.79.